The van der Waals surface area contributed by atoms with E-state index in [4.69, 9.17) is 5.73 Å². The van der Waals surface area contributed by atoms with Gasteiger partial charge in [0.15, 0.2) is 5.69 Å². The fourth-order valence-corrected chi connectivity index (χ4v) is 3.38. The van der Waals surface area contributed by atoms with E-state index in [0.29, 0.717) is 17.4 Å². The van der Waals surface area contributed by atoms with Crippen LogP contribution in [0.5, 0.6) is 5.88 Å². The predicted octanol–water partition coefficient (Wildman–Crippen LogP) is 3.29. The normalized spacial score (nSPS) is 11.5. The van der Waals surface area contributed by atoms with Crippen molar-refractivity contribution in [3.05, 3.63) is 69.5 Å². The number of rotatable bonds is 4. The monoisotopic (exact) mass is 456 g/mol. The number of benzene rings is 2. The quantitative estimate of drug-likeness (QED) is 0.355. The zero-order chi connectivity index (χ0) is 20.5. The molecule has 2 aromatic carbocycles. The maximum Gasteiger partial charge on any atom is 0.345 e. The van der Waals surface area contributed by atoms with E-state index in [2.05, 4.69) is 35.9 Å². The summed E-state index contributed by atoms with van der Waals surface area (Å²) >= 11 is 3.43. The summed E-state index contributed by atoms with van der Waals surface area (Å²) in [6.07, 6.45) is 0. The minimum atomic E-state index is -1.04. The molecule has 29 heavy (non-hydrogen) atoms. The van der Waals surface area contributed by atoms with Gasteiger partial charge in [-0.25, -0.2) is 0 Å². The molecule has 0 aliphatic carbocycles. The van der Waals surface area contributed by atoms with Gasteiger partial charge in [-0.3, -0.25) is 9.42 Å². The lowest BCUT2D eigenvalue weighted by molar-refractivity contribution is -0.803. The molecule has 4 rings (SSSR count). The van der Waals surface area contributed by atoms with Crippen molar-refractivity contribution in [3.63, 3.8) is 0 Å². The van der Waals surface area contributed by atoms with Gasteiger partial charge < -0.3 is 20.6 Å². The highest BCUT2D eigenvalue weighted by Crippen LogP contribution is 2.39. The van der Waals surface area contributed by atoms with Crippen molar-refractivity contribution in [1.82, 2.24) is 9.72 Å². The number of halogens is 1. The number of nitrogens with zero attached hydrogens (tertiary/aromatic N) is 5. The van der Waals surface area contributed by atoms with Crippen molar-refractivity contribution in [2.75, 3.05) is 5.73 Å². The average molecular weight is 457 g/mol. The molecule has 146 valence electrons. The highest BCUT2D eigenvalue weighted by Gasteiger charge is 2.25. The van der Waals surface area contributed by atoms with E-state index in [0.717, 1.165) is 10.0 Å². The average Bonchev–Trinajstić information content (AvgIpc) is 3.17. The Labute approximate surface area is 171 Å². The third-order valence-corrected chi connectivity index (χ3v) is 4.72. The van der Waals surface area contributed by atoms with Gasteiger partial charge in [0.05, 0.1) is 17.2 Å². The molecule has 2 aromatic heterocycles. The maximum atomic E-state index is 12.1. The Morgan fingerprint density at radius 1 is 1.31 bits per heavy atom. The fraction of sp³-hybridized carbons (Fsp3) is 0.0556. The largest absolute Gasteiger partial charge is 0.493 e. The molecular formula is C18H13BrN6O4. The van der Waals surface area contributed by atoms with Gasteiger partial charge in [0.1, 0.15) is 0 Å². The van der Waals surface area contributed by atoms with Crippen LogP contribution in [0.15, 0.2) is 67.9 Å². The van der Waals surface area contributed by atoms with Gasteiger partial charge >= 0.3 is 17.4 Å². The third kappa shape index (κ3) is 3.43. The van der Waals surface area contributed by atoms with Crippen LogP contribution in [0, 0.1) is 5.21 Å². The molecule has 0 aliphatic rings. The number of hydrogen-bond acceptors (Lipinski definition) is 7. The van der Waals surface area contributed by atoms with E-state index >= 15 is 0 Å². The van der Waals surface area contributed by atoms with Crippen molar-refractivity contribution in [2.24, 2.45) is 10.2 Å². The maximum absolute atomic E-state index is 12.1. The number of aromatic nitrogens is 3. The number of hydrogen-bond donors (Lipinski definition) is 2. The number of carbonyl (C=O) groups is 1. The second kappa shape index (κ2) is 7.36. The summed E-state index contributed by atoms with van der Waals surface area (Å²) < 4.78 is 6.81. The molecular weight excluding hydrogens is 444 g/mol. The highest BCUT2D eigenvalue weighted by atomic mass is 79.9. The smallest absolute Gasteiger partial charge is 0.345 e. The number of azo groups is 1. The highest BCUT2D eigenvalue weighted by molar-refractivity contribution is 9.10. The van der Waals surface area contributed by atoms with Gasteiger partial charge in [-0.2, -0.15) is 0 Å². The SMILES string of the molecule is Nc1no[n+]([O-])c1C(=O)N=Nc1c(O)n(Cc2cccc(Br)c2)c2ccccc12. The lowest BCUT2D eigenvalue weighted by atomic mass is 10.2. The minimum absolute atomic E-state index is 0.0939. The first-order valence-electron chi connectivity index (χ1n) is 8.31. The summed E-state index contributed by atoms with van der Waals surface area (Å²) in [5.74, 6) is -1.61. The molecule has 11 heteroatoms. The molecule has 3 N–H and O–H groups in total. The van der Waals surface area contributed by atoms with Crippen LogP contribution in [-0.2, 0) is 6.54 Å². The van der Waals surface area contributed by atoms with Crippen LogP contribution in [0.4, 0.5) is 11.5 Å². The Morgan fingerprint density at radius 3 is 2.83 bits per heavy atom. The van der Waals surface area contributed by atoms with E-state index in [1.54, 1.807) is 16.7 Å². The Bertz CT molecular complexity index is 1240. The molecule has 0 bridgehead atoms. The van der Waals surface area contributed by atoms with Crippen LogP contribution in [0.25, 0.3) is 10.9 Å². The number of aromatic hydroxyl groups is 1. The van der Waals surface area contributed by atoms with Crippen LogP contribution in [0.3, 0.4) is 0 Å². The van der Waals surface area contributed by atoms with Crippen LogP contribution in [-0.4, -0.2) is 20.7 Å². The number of para-hydroxylation sites is 1. The van der Waals surface area contributed by atoms with Crippen molar-refractivity contribution in [1.29, 1.82) is 0 Å². The number of carbonyl (C=O) groups excluding carboxylic acids is 1. The zero-order valence-corrected chi connectivity index (χ0v) is 16.3. The van der Waals surface area contributed by atoms with E-state index in [-0.39, 0.29) is 16.5 Å². The minimum Gasteiger partial charge on any atom is -0.493 e. The first kappa shape index (κ1) is 18.6. The fourth-order valence-electron chi connectivity index (χ4n) is 2.94. The predicted molar refractivity (Wildman–Crippen MR) is 106 cm³/mol. The van der Waals surface area contributed by atoms with Crippen LogP contribution < -0.4 is 10.6 Å². The van der Waals surface area contributed by atoms with Crippen LogP contribution in [0.2, 0.25) is 0 Å². The lowest BCUT2D eigenvalue weighted by Gasteiger charge is -2.07. The molecule has 0 atom stereocenters. The Morgan fingerprint density at radius 2 is 2.10 bits per heavy atom. The van der Waals surface area contributed by atoms with Gasteiger partial charge in [0, 0.05) is 9.86 Å². The van der Waals surface area contributed by atoms with E-state index in [9.17, 15) is 15.1 Å². The van der Waals surface area contributed by atoms with E-state index in [1.165, 1.54) is 0 Å². The number of anilines is 1. The van der Waals surface area contributed by atoms with Crippen molar-refractivity contribution >= 4 is 44.2 Å². The van der Waals surface area contributed by atoms with Crippen molar-refractivity contribution < 1.29 is 19.4 Å². The van der Waals surface area contributed by atoms with E-state index in [1.807, 2.05) is 36.4 Å². The molecule has 0 saturated carbocycles. The van der Waals surface area contributed by atoms with Gasteiger partial charge in [0.2, 0.25) is 5.88 Å². The number of amides is 1. The van der Waals surface area contributed by atoms with Gasteiger partial charge in [-0.05, 0) is 28.7 Å². The Kier molecular flexibility index (Phi) is 4.72. The molecule has 0 fully saturated rings. The second-order valence-corrected chi connectivity index (χ2v) is 6.99. The lowest BCUT2D eigenvalue weighted by Crippen LogP contribution is -2.30. The van der Waals surface area contributed by atoms with Gasteiger partial charge in [-0.1, -0.05) is 46.3 Å². The summed E-state index contributed by atoms with van der Waals surface area (Å²) in [5, 5.41) is 33.4. The summed E-state index contributed by atoms with van der Waals surface area (Å²) in [4.78, 5) is 12.0. The molecule has 0 unspecified atom stereocenters. The Hall–Kier alpha value is -3.73. The first-order valence-corrected chi connectivity index (χ1v) is 9.11. The summed E-state index contributed by atoms with van der Waals surface area (Å²) in [6, 6.07) is 14.8. The summed E-state index contributed by atoms with van der Waals surface area (Å²) in [6.45, 7) is 0.369. The molecule has 1 amide bonds. The summed E-state index contributed by atoms with van der Waals surface area (Å²) in [7, 11) is 0. The molecule has 0 radical (unpaired) electrons. The van der Waals surface area contributed by atoms with Crippen molar-refractivity contribution in [3.8, 4) is 5.88 Å². The third-order valence-electron chi connectivity index (χ3n) is 4.23. The van der Waals surface area contributed by atoms with Gasteiger partial charge in [-0.15, -0.1) is 10.2 Å². The first-order chi connectivity index (χ1) is 14.0. The zero-order valence-electron chi connectivity index (χ0n) is 14.7. The van der Waals surface area contributed by atoms with Gasteiger partial charge in [0.25, 0.3) is 0 Å². The molecule has 4 aromatic rings. The molecule has 2 heterocycles. The molecule has 10 nitrogen and oxygen atoms in total. The van der Waals surface area contributed by atoms with Crippen molar-refractivity contribution in [2.45, 2.75) is 6.54 Å². The topological polar surface area (TPSA) is 146 Å². The molecule has 0 aliphatic heterocycles. The molecule has 0 spiro atoms. The summed E-state index contributed by atoms with van der Waals surface area (Å²) in [5.41, 5.74) is 6.59. The molecule has 0 saturated heterocycles. The van der Waals surface area contributed by atoms with Crippen LogP contribution >= 0.6 is 15.9 Å². The van der Waals surface area contributed by atoms with Crippen LogP contribution in [0.1, 0.15) is 16.1 Å². The standard InChI is InChI=1S/C18H13BrN6O4/c19-11-5-3-4-10(8-11)9-24-13-7-2-1-6-12(13)14(18(24)27)21-22-17(26)15-16(20)23-29-25(15)28/h1-8,27H,9H2,(H2,20,23). The van der Waals surface area contributed by atoms with E-state index < -0.39 is 17.4 Å². The number of nitrogens with two attached hydrogens (primary N) is 1. The second-order valence-electron chi connectivity index (χ2n) is 6.07. The Balaban J connectivity index is 1.75. The number of fused-ring (bicyclic) bond motifs is 1. The number of nitrogen functional groups attached to an aromatic ring is 1.